The van der Waals surface area contributed by atoms with Crippen molar-refractivity contribution in [3.8, 4) is 6.07 Å². The lowest BCUT2D eigenvalue weighted by molar-refractivity contribution is -0.384. The molecule has 2 saturated heterocycles. The number of hydrogen-bond donors (Lipinski definition) is 1. The second-order valence-corrected chi connectivity index (χ2v) is 6.48. The predicted molar refractivity (Wildman–Crippen MR) is 91.4 cm³/mol. The highest BCUT2D eigenvalue weighted by Gasteiger charge is 2.28. The normalized spacial score (nSPS) is 22.6. The van der Waals surface area contributed by atoms with Crippen LogP contribution in [0.5, 0.6) is 0 Å². The van der Waals surface area contributed by atoms with Gasteiger partial charge in [-0.15, -0.1) is 0 Å². The first-order valence-electron chi connectivity index (χ1n) is 8.54. The van der Waals surface area contributed by atoms with Crippen molar-refractivity contribution < 1.29 is 14.8 Å². The molecule has 1 aromatic rings. The molecule has 0 radical (unpaired) electrons. The van der Waals surface area contributed by atoms with Crippen LogP contribution >= 0.6 is 0 Å². The topological polar surface area (TPSA) is 103 Å². The lowest BCUT2D eigenvalue weighted by atomic mass is 10.1. The van der Waals surface area contributed by atoms with E-state index in [-0.39, 0.29) is 11.8 Å². The van der Waals surface area contributed by atoms with Gasteiger partial charge in [-0.25, -0.2) is 0 Å². The molecule has 0 aromatic heterocycles. The van der Waals surface area contributed by atoms with Crippen LogP contribution in [0.2, 0.25) is 0 Å². The van der Waals surface area contributed by atoms with Gasteiger partial charge in [-0.2, -0.15) is 5.26 Å². The van der Waals surface area contributed by atoms with E-state index in [1.807, 2.05) is 0 Å². The van der Waals surface area contributed by atoms with Crippen LogP contribution in [0.3, 0.4) is 0 Å². The number of rotatable bonds is 5. The van der Waals surface area contributed by atoms with Crippen LogP contribution in [0, 0.1) is 21.4 Å². The van der Waals surface area contributed by atoms with Crippen LogP contribution in [0.4, 0.5) is 11.4 Å². The molecule has 2 unspecified atom stereocenters. The Bertz CT molecular complexity index is 661. The molecule has 134 valence electrons. The molecule has 2 fully saturated rings. The molecular weight excluding hydrogens is 324 g/mol. The highest BCUT2D eigenvalue weighted by Crippen LogP contribution is 2.26. The van der Waals surface area contributed by atoms with E-state index in [0.717, 1.165) is 38.2 Å². The summed E-state index contributed by atoms with van der Waals surface area (Å²) in [6, 6.07) is 6.46. The second kappa shape index (κ2) is 7.78. The summed E-state index contributed by atoms with van der Waals surface area (Å²) in [6.45, 7) is 4.28. The quantitative estimate of drug-likeness (QED) is 0.629. The number of piperazine rings is 1. The summed E-state index contributed by atoms with van der Waals surface area (Å²) in [6.07, 6.45) is 1.39. The van der Waals surface area contributed by atoms with E-state index >= 15 is 0 Å². The molecule has 2 aliphatic heterocycles. The summed E-state index contributed by atoms with van der Waals surface area (Å²) in [5.74, 6) is 0. The molecule has 3 rings (SSSR count). The van der Waals surface area contributed by atoms with Crippen molar-refractivity contribution in [2.24, 2.45) is 0 Å². The maximum absolute atomic E-state index is 10.9. The second-order valence-electron chi connectivity index (χ2n) is 6.48. The monoisotopic (exact) mass is 346 g/mol. The number of hydrogen-bond acceptors (Lipinski definition) is 7. The van der Waals surface area contributed by atoms with Crippen molar-refractivity contribution in [1.29, 1.82) is 5.26 Å². The molecular formula is C17H22N4O4. The first kappa shape index (κ1) is 17.6. The zero-order valence-electron chi connectivity index (χ0n) is 14.0. The number of nitro groups is 1. The summed E-state index contributed by atoms with van der Waals surface area (Å²) in [4.78, 5) is 14.6. The van der Waals surface area contributed by atoms with Gasteiger partial charge < -0.3 is 14.7 Å². The van der Waals surface area contributed by atoms with Crippen LogP contribution in [0.15, 0.2) is 18.2 Å². The molecule has 8 heteroatoms. The van der Waals surface area contributed by atoms with E-state index in [2.05, 4.69) is 15.9 Å². The van der Waals surface area contributed by atoms with Crippen molar-refractivity contribution in [3.05, 3.63) is 33.9 Å². The number of aliphatic hydroxyl groups excluding tert-OH is 1. The van der Waals surface area contributed by atoms with Gasteiger partial charge in [-0.3, -0.25) is 15.0 Å². The SMILES string of the molecule is N#Cc1cc([N+](=O)[O-])ccc1N1CCN(CC(O)C2CCCO2)CC1. The summed E-state index contributed by atoms with van der Waals surface area (Å²) in [7, 11) is 0. The van der Waals surface area contributed by atoms with Crippen molar-refractivity contribution in [2.75, 3.05) is 44.2 Å². The van der Waals surface area contributed by atoms with Gasteiger partial charge in [0.15, 0.2) is 0 Å². The number of ether oxygens (including phenoxy) is 1. The van der Waals surface area contributed by atoms with E-state index < -0.39 is 11.0 Å². The largest absolute Gasteiger partial charge is 0.389 e. The van der Waals surface area contributed by atoms with E-state index in [0.29, 0.717) is 25.2 Å². The molecule has 0 saturated carbocycles. The molecule has 2 aliphatic rings. The molecule has 2 heterocycles. The van der Waals surface area contributed by atoms with Gasteiger partial charge in [-0.1, -0.05) is 0 Å². The maximum Gasteiger partial charge on any atom is 0.270 e. The average Bonchev–Trinajstić information content (AvgIpc) is 3.16. The maximum atomic E-state index is 10.9. The molecule has 0 amide bonds. The molecule has 8 nitrogen and oxygen atoms in total. The summed E-state index contributed by atoms with van der Waals surface area (Å²) in [5.41, 5.74) is 0.980. The Morgan fingerprint density at radius 1 is 1.40 bits per heavy atom. The predicted octanol–water partition coefficient (Wildman–Crippen LogP) is 1.13. The van der Waals surface area contributed by atoms with Gasteiger partial charge in [0.2, 0.25) is 0 Å². The number of benzene rings is 1. The van der Waals surface area contributed by atoms with Crippen molar-refractivity contribution >= 4 is 11.4 Å². The zero-order valence-corrected chi connectivity index (χ0v) is 14.0. The van der Waals surface area contributed by atoms with E-state index in [4.69, 9.17) is 4.74 Å². The third kappa shape index (κ3) is 4.07. The number of β-amino-alcohol motifs (C(OH)–C–C–N with tert-alkyl or cyclic N) is 1. The standard InChI is InChI=1S/C17H22N4O4/c18-11-13-10-14(21(23)24)3-4-15(13)20-7-5-19(6-8-20)12-16(22)17-2-1-9-25-17/h3-4,10,16-17,22H,1-2,5-9,12H2. The Balaban J connectivity index is 1.58. The first-order chi connectivity index (χ1) is 12.1. The van der Waals surface area contributed by atoms with Gasteiger partial charge in [0.05, 0.1) is 28.4 Å². The average molecular weight is 346 g/mol. The van der Waals surface area contributed by atoms with Gasteiger partial charge in [0, 0.05) is 51.5 Å². The molecule has 1 aromatic carbocycles. The van der Waals surface area contributed by atoms with Gasteiger partial charge in [-0.05, 0) is 18.9 Å². The number of aliphatic hydroxyl groups is 1. The Labute approximate surface area is 146 Å². The lowest BCUT2D eigenvalue weighted by Gasteiger charge is -2.37. The zero-order chi connectivity index (χ0) is 17.8. The Morgan fingerprint density at radius 2 is 2.16 bits per heavy atom. The molecule has 2 atom stereocenters. The third-order valence-corrected chi connectivity index (χ3v) is 4.86. The molecule has 1 N–H and O–H groups in total. The molecule has 0 bridgehead atoms. The van der Waals surface area contributed by atoms with Crippen LogP contribution in [0.1, 0.15) is 18.4 Å². The number of non-ortho nitro benzene ring substituents is 1. The minimum atomic E-state index is -0.491. The fourth-order valence-corrected chi connectivity index (χ4v) is 3.46. The summed E-state index contributed by atoms with van der Waals surface area (Å²) >= 11 is 0. The molecule has 0 spiro atoms. The lowest BCUT2D eigenvalue weighted by Crippen LogP contribution is -2.50. The summed E-state index contributed by atoms with van der Waals surface area (Å²) in [5, 5.41) is 30.4. The Morgan fingerprint density at radius 3 is 2.76 bits per heavy atom. The van der Waals surface area contributed by atoms with Gasteiger partial charge in [0.1, 0.15) is 6.07 Å². The minimum Gasteiger partial charge on any atom is -0.389 e. The van der Waals surface area contributed by atoms with Crippen LogP contribution in [0.25, 0.3) is 0 Å². The highest BCUT2D eigenvalue weighted by atomic mass is 16.6. The van der Waals surface area contributed by atoms with Crippen molar-refractivity contribution in [2.45, 2.75) is 25.0 Å². The van der Waals surface area contributed by atoms with E-state index in [1.54, 1.807) is 6.07 Å². The number of nitrogens with zero attached hydrogens (tertiary/aromatic N) is 4. The highest BCUT2D eigenvalue weighted by molar-refractivity contribution is 5.63. The van der Waals surface area contributed by atoms with E-state index in [1.165, 1.54) is 12.1 Å². The summed E-state index contributed by atoms with van der Waals surface area (Å²) < 4.78 is 5.53. The van der Waals surface area contributed by atoms with Gasteiger partial charge >= 0.3 is 0 Å². The molecule has 25 heavy (non-hydrogen) atoms. The fourth-order valence-electron chi connectivity index (χ4n) is 3.46. The van der Waals surface area contributed by atoms with Crippen molar-refractivity contribution in [3.63, 3.8) is 0 Å². The van der Waals surface area contributed by atoms with Crippen molar-refractivity contribution in [1.82, 2.24) is 4.90 Å². The smallest absolute Gasteiger partial charge is 0.270 e. The van der Waals surface area contributed by atoms with Crippen LogP contribution < -0.4 is 4.90 Å². The molecule has 0 aliphatic carbocycles. The Hall–Kier alpha value is -2.21. The minimum absolute atomic E-state index is 0.0575. The third-order valence-electron chi connectivity index (χ3n) is 4.86. The van der Waals surface area contributed by atoms with Crippen LogP contribution in [-0.2, 0) is 4.74 Å². The number of anilines is 1. The number of nitro benzene ring substituents is 1. The number of nitriles is 1. The Kier molecular flexibility index (Phi) is 5.48. The van der Waals surface area contributed by atoms with E-state index in [9.17, 15) is 20.5 Å². The van der Waals surface area contributed by atoms with Gasteiger partial charge in [0.25, 0.3) is 5.69 Å². The first-order valence-corrected chi connectivity index (χ1v) is 8.54. The fraction of sp³-hybridized carbons (Fsp3) is 0.588. The van der Waals surface area contributed by atoms with Crippen LogP contribution in [-0.4, -0.2) is 66.5 Å².